The minimum Gasteiger partial charge on any atom is -0.375 e. The number of hydrogen-bond donors (Lipinski definition) is 0. The van der Waals surface area contributed by atoms with Gasteiger partial charge in [0.25, 0.3) is 11.5 Å². The van der Waals surface area contributed by atoms with Crippen molar-refractivity contribution in [2.45, 2.75) is 0 Å². The Morgan fingerprint density at radius 3 is 1.47 bits per heavy atom. The lowest BCUT2D eigenvalue weighted by molar-refractivity contribution is 0.511. The summed E-state index contributed by atoms with van der Waals surface area (Å²) in [5, 5.41) is 6.67. The third-order valence-corrected chi connectivity index (χ3v) is 3.58. The predicted molar refractivity (Wildman–Crippen MR) is 66.4 cm³/mol. The van der Waals surface area contributed by atoms with Gasteiger partial charge in [0.05, 0.1) is 0 Å². The molecule has 6 nitrogen and oxygen atoms in total. The molecule has 0 aliphatic carbocycles. The van der Waals surface area contributed by atoms with E-state index < -0.39 is 0 Å². The largest absolute Gasteiger partial charge is 0.375 e. The maximum atomic E-state index is 3.46. The number of nitrogens with zero attached hydrogens (tertiary/aromatic N) is 6. The molecule has 0 fully saturated rings. The van der Waals surface area contributed by atoms with Crippen molar-refractivity contribution in [3.63, 3.8) is 0 Å². The molecule has 0 aromatic carbocycles. The van der Waals surface area contributed by atoms with Crippen LogP contribution in [0.25, 0.3) is 0 Å². The molecule has 0 saturated heterocycles. The Morgan fingerprint density at radius 1 is 0.933 bits per heavy atom. The Hall–Kier alpha value is -0.200. The third-order valence-electron chi connectivity index (χ3n) is 1.23. The van der Waals surface area contributed by atoms with E-state index in [1.165, 1.54) is 0 Å². The fraction of sp³-hybridized carbons (Fsp3) is 0.857. The van der Waals surface area contributed by atoms with Gasteiger partial charge in [-0.3, -0.25) is 0 Å². The smallest absolute Gasteiger partial charge is 0.266 e. The van der Waals surface area contributed by atoms with Crippen LogP contribution in [-0.2, 0) is 11.5 Å². The van der Waals surface area contributed by atoms with Crippen molar-refractivity contribution < 1.29 is 0 Å². The molecule has 0 aliphatic heterocycles. The standard InChI is InChI=1S/C6H18N3S.CHN3P/c1-7(2)10(8(3)4)9(5)6;1-2-3-4-5-1/h1-6H3;1H/q+1;-1. The normalized spacial score (nSPS) is 11.6. The second kappa shape index (κ2) is 8.01. The van der Waals surface area contributed by atoms with Gasteiger partial charge in [-0.15, -0.1) is 0 Å². The molecule has 0 amide bonds. The monoisotopic (exact) mass is 250 g/mol. The zero-order chi connectivity index (χ0) is 11.8. The topological polar surface area (TPSA) is 48.4 Å². The molecule has 15 heavy (non-hydrogen) atoms. The minimum absolute atomic E-state index is 0.120. The van der Waals surface area contributed by atoms with Gasteiger partial charge in [-0.1, -0.05) is 24.1 Å². The van der Waals surface area contributed by atoms with Crippen LogP contribution in [0, 0.1) is 0 Å². The summed E-state index contributed by atoms with van der Waals surface area (Å²) in [6.45, 7) is 0. The first-order valence-corrected chi connectivity index (χ1v) is 6.36. The Balaban J connectivity index is 0.000000322. The zero-order valence-corrected chi connectivity index (χ0v) is 11.8. The quantitative estimate of drug-likeness (QED) is 0.715. The SMILES string of the molecule is CN(C)[S+](N(C)C)N(C)C.c1nnn[p-]1. The second-order valence-corrected chi connectivity index (χ2v) is 6.53. The Kier molecular flexibility index (Phi) is 7.90. The van der Waals surface area contributed by atoms with Crippen molar-refractivity contribution in [3.05, 3.63) is 5.93 Å². The maximum Gasteiger partial charge on any atom is 0.266 e. The van der Waals surface area contributed by atoms with Crippen molar-refractivity contribution in [2.24, 2.45) is 0 Å². The van der Waals surface area contributed by atoms with E-state index in [0.717, 1.165) is 8.35 Å². The first-order chi connectivity index (χ1) is 6.96. The molecule has 0 aliphatic rings. The lowest BCUT2D eigenvalue weighted by atomic mass is 11.2. The van der Waals surface area contributed by atoms with E-state index >= 15 is 0 Å². The third kappa shape index (κ3) is 6.81. The van der Waals surface area contributed by atoms with Crippen LogP contribution < -0.4 is 0 Å². The highest BCUT2D eigenvalue weighted by Gasteiger charge is 2.29. The van der Waals surface area contributed by atoms with Gasteiger partial charge in [-0.05, 0) is 0 Å². The molecular weight excluding hydrogens is 231 g/mol. The molecule has 1 aromatic heterocycles. The van der Waals surface area contributed by atoms with Crippen LogP contribution in [0.5, 0.6) is 0 Å². The molecule has 0 atom stereocenters. The second-order valence-electron chi connectivity index (χ2n) is 3.21. The molecule has 0 bridgehead atoms. The Labute approximate surface area is 96.5 Å². The van der Waals surface area contributed by atoms with Gasteiger partial charge in [0, 0.05) is 42.3 Å². The van der Waals surface area contributed by atoms with Gasteiger partial charge in [0.1, 0.15) is 0 Å². The summed E-state index contributed by atoms with van der Waals surface area (Å²) in [5.74, 6) is 1.62. The number of rotatable bonds is 3. The van der Waals surface area contributed by atoms with Crippen LogP contribution in [0.4, 0.5) is 0 Å². The van der Waals surface area contributed by atoms with Crippen molar-refractivity contribution in [3.8, 4) is 0 Å². The molecule has 1 aromatic rings. The van der Waals surface area contributed by atoms with Crippen molar-refractivity contribution in [1.82, 2.24) is 28.1 Å². The highest BCUT2D eigenvalue weighted by Crippen LogP contribution is 2.05. The van der Waals surface area contributed by atoms with Crippen LogP contribution in [-0.4, -0.2) is 70.4 Å². The highest BCUT2D eigenvalue weighted by atomic mass is 32.2. The summed E-state index contributed by atoms with van der Waals surface area (Å²) in [6.07, 6.45) is 0. The molecular formula is C7H19N6PS. The molecule has 0 N–H and O–H groups in total. The molecule has 0 radical (unpaired) electrons. The molecule has 1 heterocycles. The molecule has 1 rings (SSSR count). The van der Waals surface area contributed by atoms with Crippen LogP contribution in [0.15, 0.2) is 5.93 Å². The molecule has 0 unspecified atom stereocenters. The van der Waals surface area contributed by atoms with Crippen LogP contribution in [0.2, 0.25) is 0 Å². The molecule has 0 spiro atoms. The lowest BCUT2D eigenvalue weighted by Crippen LogP contribution is -2.44. The fourth-order valence-corrected chi connectivity index (χ4v) is 3.29. The summed E-state index contributed by atoms with van der Waals surface area (Å²) in [6, 6.07) is 0. The van der Waals surface area contributed by atoms with E-state index in [1.807, 2.05) is 0 Å². The van der Waals surface area contributed by atoms with E-state index in [-0.39, 0.29) is 11.5 Å². The fourth-order valence-electron chi connectivity index (χ4n) is 1.10. The summed E-state index contributed by atoms with van der Waals surface area (Å²) in [7, 11) is 13.4. The highest BCUT2D eigenvalue weighted by molar-refractivity contribution is 7.90. The average molecular weight is 250 g/mol. The zero-order valence-electron chi connectivity index (χ0n) is 10.1. The molecule has 0 saturated carbocycles. The molecule has 8 heteroatoms. The summed E-state index contributed by atoms with van der Waals surface area (Å²) in [5.41, 5.74) is 0. The van der Waals surface area contributed by atoms with E-state index in [1.54, 1.807) is 5.93 Å². The van der Waals surface area contributed by atoms with E-state index in [4.69, 9.17) is 0 Å². The van der Waals surface area contributed by atoms with Crippen LogP contribution >= 0.6 is 8.35 Å². The number of aromatic nitrogens is 3. The van der Waals surface area contributed by atoms with Crippen molar-refractivity contribution >= 4 is 19.8 Å². The predicted octanol–water partition coefficient (Wildman–Crippen LogP) is 0.205. The average Bonchev–Trinajstić information content (AvgIpc) is 2.56. The van der Waals surface area contributed by atoms with Crippen molar-refractivity contribution in [1.29, 1.82) is 0 Å². The minimum atomic E-state index is 0.120. The van der Waals surface area contributed by atoms with Crippen LogP contribution in [0.1, 0.15) is 0 Å². The van der Waals surface area contributed by atoms with Gasteiger partial charge in [-0.2, -0.15) is 5.10 Å². The Morgan fingerprint density at radius 2 is 1.40 bits per heavy atom. The van der Waals surface area contributed by atoms with E-state index in [0.29, 0.717) is 0 Å². The summed E-state index contributed by atoms with van der Waals surface area (Å²) < 4.78 is 6.58. The van der Waals surface area contributed by atoms with Gasteiger partial charge in [0.2, 0.25) is 0 Å². The van der Waals surface area contributed by atoms with Gasteiger partial charge in [-0.25, -0.2) is 0 Å². The van der Waals surface area contributed by atoms with Gasteiger partial charge >= 0.3 is 0 Å². The lowest BCUT2D eigenvalue weighted by Gasteiger charge is -2.20. The van der Waals surface area contributed by atoms with Gasteiger partial charge in [0.15, 0.2) is 0 Å². The number of hydrogen-bond acceptors (Lipinski definition) is 6. The first-order valence-electron chi connectivity index (χ1n) is 4.35. The summed E-state index contributed by atoms with van der Waals surface area (Å²) >= 11 is 0.120. The maximum absolute atomic E-state index is 3.46. The molecule has 88 valence electrons. The Bertz CT molecular complexity index is 191. The summed E-state index contributed by atoms with van der Waals surface area (Å²) in [4.78, 5) is 3.46. The van der Waals surface area contributed by atoms with Crippen LogP contribution in [0.3, 0.4) is 0 Å². The van der Waals surface area contributed by atoms with Gasteiger partial charge < -0.3 is 13.2 Å². The first kappa shape index (κ1) is 14.8. The van der Waals surface area contributed by atoms with E-state index in [2.05, 4.69) is 70.4 Å². The van der Waals surface area contributed by atoms with E-state index in [9.17, 15) is 0 Å². The van der Waals surface area contributed by atoms with Crippen molar-refractivity contribution in [2.75, 3.05) is 42.3 Å².